The summed E-state index contributed by atoms with van der Waals surface area (Å²) < 4.78 is 5.05. The van der Waals surface area contributed by atoms with Gasteiger partial charge in [-0.1, -0.05) is 31.2 Å². The van der Waals surface area contributed by atoms with Crippen LogP contribution in [0, 0.1) is 19.3 Å². The fraction of sp³-hybridized carbons (Fsp3) is 0.529. The van der Waals surface area contributed by atoms with Gasteiger partial charge in [0.1, 0.15) is 0 Å². The predicted molar refractivity (Wildman–Crippen MR) is 82.7 cm³/mol. The summed E-state index contributed by atoms with van der Waals surface area (Å²) in [5.74, 6) is 0. The number of methoxy groups -OCH3 is 1. The summed E-state index contributed by atoms with van der Waals surface area (Å²) in [5.41, 5.74) is 4.16. The van der Waals surface area contributed by atoms with Gasteiger partial charge in [0.2, 0.25) is 0 Å². The Hall–Kier alpha value is -1.12. The van der Waals surface area contributed by atoms with Crippen molar-refractivity contribution in [1.82, 2.24) is 5.32 Å². The van der Waals surface area contributed by atoms with E-state index in [4.69, 9.17) is 4.74 Å². The fourth-order valence-corrected chi connectivity index (χ4v) is 2.13. The largest absolute Gasteiger partial charge is 0.383 e. The second-order valence-corrected chi connectivity index (χ2v) is 5.62. The number of nitrogens with one attached hydrogen (secondary N) is 1. The maximum absolute atomic E-state index is 5.05. The van der Waals surface area contributed by atoms with Crippen molar-refractivity contribution in [2.75, 3.05) is 26.8 Å². The molecule has 0 amide bonds. The monoisotopic (exact) mass is 261 g/mol. The molecule has 1 N–H and O–H groups in total. The van der Waals surface area contributed by atoms with E-state index in [1.807, 2.05) is 0 Å². The molecule has 0 saturated heterocycles. The number of hydrogen-bond acceptors (Lipinski definition) is 2. The molecule has 2 heteroatoms. The Labute approximate surface area is 117 Å². The van der Waals surface area contributed by atoms with E-state index >= 15 is 0 Å². The molecular formula is C17H27NO. The minimum absolute atomic E-state index is 0.0788. The first-order valence-corrected chi connectivity index (χ1v) is 6.90. The molecule has 1 atom stereocenters. The lowest BCUT2D eigenvalue weighted by Gasteiger charge is -2.26. The van der Waals surface area contributed by atoms with E-state index in [9.17, 15) is 0 Å². The average Bonchev–Trinajstić information content (AvgIpc) is 2.39. The highest BCUT2D eigenvalue weighted by atomic mass is 16.5. The second-order valence-electron chi connectivity index (χ2n) is 5.62. The van der Waals surface area contributed by atoms with Crippen molar-refractivity contribution in [3.05, 3.63) is 47.5 Å². The van der Waals surface area contributed by atoms with Crippen molar-refractivity contribution in [2.24, 2.45) is 5.41 Å². The Balaban J connectivity index is 2.63. The van der Waals surface area contributed by atoms with E-state index in [2.05, 4.69) is 56.9 Å². The van der Waals surface area contributed by atoms with Crippen LogP contribution in [0.25, 0.3) is 0 Å². The van der Waals surface area contributed by atoms with Crippen molar-refractivity contribution < 1.29 is 4.74 Å². The van der Waals surface area contributed by atoms with Gasteiger partial charge in [-0.05, 0) is 37.0 Å². The maximum Gasteiger partial charge on any atom is 0.0587 e. The van der Waals surface area contributed by atoms with Crippen molar-refractivity contribution in [1.29, 1.82) is 0 Å². The molecule has 0 fully saturated rings. The van der Waals surface area contributed by atoms with Crippen LogP contribution in [0.4, 0.5) is 0 Å². The van der Waals surface area contributed by atoms with E-state index in [1.165, 1.54) is 16.7 Å². The summed E-state index contributed by atoms with van der Waals surface area (Å²) >= 11 is 0. The Bertz CT molecular complexity index is 414. The molecule has 19 heavy (non-hydrogen) atoms. The Morgan fingerprint density at radius 2 is 2.05 bits per heavy atom. The number of rotatable bonds is 8. The summed E-state index contributed by atoms with van der Waals surface area (Å²) in [6, 6.07) is 6.71. The van der Waals surface area contributed by atoms with E-state index in [0.29, 0.717) is 0 Å². The van der Waals surface area contributed by atoms with Gasteiger partial charge in [-0.15, -0.1) is 6.58 Å². The molecule has 1 aromatic carbocycles. The molecule has 0 aliphatic carbocycles. The lowest BCUT2D eigenvalue weighted by molar-refractivity contribution is 0.196. The van der Waals surface area contributed by atoms with Gasteiger partial charge in [-0.2, -0.15) is 0 Å². The molecule has 1 unspecified atom stereocenters. The maximum atomic E-state index is 5.05. The van der Waals surface area contributed by atoms with Crippen LogP contribution in [-0.2, 0) is 11.2 Å². The molecule has 1 aromatic rings. The van der Waals surface area contributed by atoms with E-state index in [0.717, 1.165) is 26.1 Å². The molecule has 0 saturated carbocycles. The molecule has 0 aliphatic heterocycles. The Kier molecular flexibility index (Phi) is 6.26. The highest BCUT2D eigenvalue weighted by molar-refractivity contribution is 5.31. The van der Waals surface area contributed by atoms with Crippen LogP contribution >= 0.6 is 0 Å². The van der Waals surface area contributed by atoms with E-state index in [-0.39, 0.29) is 5.41 Å². The van der Waals surface area contributed by atoms with Crippen LogP contribution < -0.4 is 5.32 Å². The van der Waals surface area contributed by atoms with Crippen LogP contribution in [-0.4, -0.2) is 26.8 Å². The van der Waals surface area contributed by atoms with Gasteiger partial charge in [-0.3, -0.25) is 0 Å². The molecule has 0 bridgehead atoms. The number of aryl methyl sites for hydroxylation is 2. The number of benzene rings is 1. The Morgan fingerprint density at radius 1 is 1.32 bits per heavy atom. The van der Waals surface area contributed by atoms with Gasteiger partial charge < -0.3 is 10.1 Å². The quantitative estimate of drug-likeness (QED) is 0.573. The normalized spacial score (nSPS) is 14.1. The molecular weight excluding hydrogens is 234 g/mol. The predicted octanol–water partition coefficient (Wildman–Crippen LogP) is 3.27. The van der Waals surface area contributed by atoms with Crippen molar-refractivity contribution in [3.8, 4) is 0 Å². The molecule has 0 aliphatic rings. The first-order chi connectivity index (χ1) is 9.00. The summed E-state index contributed by atoms with van der Waals surface area (Å²) in [4.78, 5) is 0. The minimum atomic E-state index is 0.0788. The smallest absolute Gasteiger partial charge is 0.0587 e. The number of ether oxygens (including phenoxy) is 1. The molecule has 106 valence electrons. The minimum Gasteiger partial charge on any atom is -0.383 e. The standard InChI is InChI=1S/C17H27NO/c1-6-17(4,13-18-9-10-19-5)12-16-8-7-14(2)15(3)11-16/h6-8,11,18H,1,9-10,12-13H2,2-5H3. The van der Waals surface area contributed by atoms with Crippen LogP contribution in [0.15, 0.2) is 30.9 Å². The first-order valence-electron chi connectivity index (χ1n) is 6.90. The van der Waals surface area contributed by atoms with Gasteiger partial charge in [0.05, 0.1) is 6.61 Å². The second kappa shape index (κ2) is 7.46. The van der Waals surface area contributed by atoms with Crippen molar-refractivity contribution in [3.63, 3.8) is 0 Å². The fourth-order valence-electron chi connectivity index (χ4n) is 2.13. The van der Waals surface area contributed by atoms with Crippen molar-refractivity contribution >= 4 is 0 Å². The van der Waals surface area contributed by atoms with E-state index < -0.39 is 0 Å². The summed E-state index contributed by atoms with van der Waals surface area (Å²) in [6.07, 6.45) is 3.07. The van der Waals surface area contributed by atoms with Gasteiger partial charge in [-0.25, -0.2) is 0 Å². The van der Waals surface area contributed by atoms with Gasteiger partial charge in [0.25, 0.3) is 0 Å². The SMILES string of the molecule is C=CC(C)(CNCCOC)Cc1ccc(C)c(C)c1. The molecule has 0 spiro atoms. The van der Waals surface area contributed by atoms with Gasteiger partial charge in [0, 0.05) is 25.6 Å². The zero-order chi connectivity index (χ0) is 14.3. The Morgan fingerprint density at radius 3 is 2.63 bits per heavy atom. The van der Waals surface area contributed by atoms with Crippen LogP contribution in [0.3, 0.4) is 0 Å². The van der Waals surface area contributed by atoms with Gasteiger partial charge in [0.15, 0.2) is 0 Å². The lowest BCUT2D eigenvalue weighted by Crippen LogP contribution is -2.33. The van der Waals surface area contributed by atoms with Crippen LogP contribution in [0.5, 0.6) is 0 Å². The van der Waals surface area contributed by atoms with E-state index in [1.54, 1.807) is 7.11 Å². The third-order valence-corrected chi connectivity index (χ3v) is 3.68. The van der Waals surface area contributed by atoms with Crippen LogP contribution in [0.2, 0.25) is 0 Å². The summed E-state index contributed by atoms with van der Waals surface area (Å²) in [6.45, 7) is 13.1. The zero-order valence-corrected chi connectivity index (χ0v) is 12.8. The first kappa shape index (κ1) is 15.9. The third kappa shape index (κ3) is 5.17. The molecule has 0 radical (unpaired) electrons. The molecule has 2 nitrogen and oxygen atoms in total. The average molecular weight is 261 g/mol. The highest BCUT2D eigenvalue weighted by Crippen LogP contribution is 2.24. The third-order valence-electron chi connectivity index (χ3n) is 3.68. The molecule has 0 heterocycles. The topological polar surface area (TPSA) is 21.3 Å². The van der Waals surface area contributed by atoms with Crippen LogP contribution in [0.1, 0.15) is 23.6 Å². The highest BCUT2D eigenvalue weighted by Gasteiger charge is 2.20. The lowest BCUT2D eigenvalue weighted by atomic mass is 9.83. The summed E-state index contributed by atoms with van der Waals surface area (Å²) in [5, 5.41) is 3.43. The van der Waals surface area contributed by atoms with Gasteiger partial charge >= 0.3 is 0 Å². The van der Waals surface area contributed by atoms with Crippen molar-refractivity contribution in [2.45, 2.75) is 27.2 Å². The molecule has 1 rings (SSSR count). The number of hydrogen-bond donors (Lipinski definition) is 1. The zero-order valence-electron chi connectivity index (χ0n) is 12.8. The summed E-state index contributed by atoms with van der Waals surface area (Å²) in [7, 11) is 1.73. The molecule has 0 aromatic heterocycles.